The van der Waals surface area contributed by atoms with Crippen molar-refractivity contribution in [2.75, 3.05) is 14.6 Å². The number of nitrogens with zero attached hydrogens (tertiary/aromatic N) is 3. The van der Waals surface area contributed by atoms with Gasteiger partial charge < -0.3 is 19.0 Å². The molecule has 5 heterocycles. The van der Waals surface area contributed by atoms with Gasteiger partial charge in [-0.2, -0.15) is 0 Å². The van der Waals surface area contributed by atoms with E-state index in [1.54, 1.807) is 0 Å². The summed E-state index contributed by atoms with van der Waals surface area (Å²) in [6.45, 7) is 27.4. The molecule has 17 rings (SSSR count). The van der Waals surface area contributed by atoms with Crippen LogP contribution in [0.25, 0.3) is 96.0 Å². The summed E-state index contributed by atoms with van der Waals surface area (Å²) < 4.78 is 11.3. The Kier molecular flexibility index (Phi) is 14.0. The first-order valence-corrected chi connectivity index (χ1v) is 35.9. The predicted molar refractivity (Wildman–Crippen MR) is 422 cm³/mol. The molecule has 0 aliphatic carbocycles. The molecule has 12 aromatic carbocycles. The molecule has 7 heteroatoms. The van der Waals surface area contributed by atoms with Crippen molar-refractivity contribution in [2.24, 2.45) is 0 Å². The zero-order valence-electron chi connectivity index (χ0n) is 57.4. The van der Waals surface area contributed by atoms with E-state index in [4.69, 9.17) is 4.42 Å². The minimum Gasteiger partial charge on any atom is -0.454 e. The Morgan fingerprint density at radius 2 is 0.887 bits per heavy atom. The molecule has 97 heavy (non-hydrogen) atoms. The van der Waals surface area contributed by atoms with Crippen molar-refractivity contribution in [3.8, 4) is 43.8 Å². The van der Waals surface area contributed by atoms with Crippen molar-refractivity contribution in [1.29, 1.82) is 0 Å². The molecular formula is C90H78BN3OS2. The molecule has 15 aromatic rings. The first-order chi connectivity index (χ1) is 46.6. The molecule has 0 radical (unpaired) electrons. The SMILES string of the molecule is CC(C)(C)c1ccc(N2B3c4cc5sc(-c6ccccc6)c(-c6ccccc6)c5cc4N(c4ccc(C(C)(C)C)cc4-c4ccccc4)c4c3c(cc3c4oc4ccccc43)-c3cc4c(cc32)sc2ccc(N(c3ccc(C(C)(C)C)cc3)c3ccc(C(C)(C)C)cc3)cc24)cc1. The third-order valence-electron chi connectivity index (χ3n) is 20.5. The van der Waals surface area contributed by atoms with E-state index in [0.717, 1.165) is 72.9 Å². The second-order valence-corrected chi connectivity index (χ2v) is 33.1. The summed E-state index contributed by atoms with van der Waals surface area (Å²) in [7, 11) is 0. The lowest BCUT2D eigenvalue weighted by atomic mass is 9.43. The van der Waals surface area contributed by atoms with Crippen molar-refractivity contribution in [1.82, 2.24) is 0 Å². The van der Waals surface area contributed by atoms with Crippen molar-refractivity contribution >= 4 is 138 Å². The van der Waals surface area contributed by atoms with E-state index in [1.807, 2.05) is 22.7 Å². The van der Waals surface area contributed by atoms with Gasteiger partial charge in [-0.25, -0.2) is 0 Å². The Labute approximate surface area is 578 Å². The van der Waals surface area contributed by atoms with Crippen molar-refractivity contribution < 1.29 is 4.42 Å². The van der Waals surface area contributed by atoms with Crippen molar-refractivity contribution in [3.05, 3.63) is 277 Å². The summed E-state index contributed by atoms with van der Waals surface area (Å²) in [6.07, 6.45) is 0. The molecule has 474 valence electrons. The maximum absolute atomic E-state index is 7.55. The largest absolute Gasteiger partial charge is 0.454 e. The molecule has 2 aliphatic rings. The quantitative estimate of drug-likeness (QED) is 0.141. The summed E-state index contributed by atoms with van der Waals surface area (Å²) in [4.78, 5) is 9.04. The molecule has 2 aliphatic heterocycles. The summed E-state index contributed by atoms with van der Waals surface area (Å²) in [6, 6.07) is 96.9. The van der Waals surface area contributed by atoms with E-state index in [-0.39, 0.29) is 28.5 Å². The average molecular weight is 1290 g/mol. The van der Waals surface area contributed by atoms with E-state index in [2.05, 4.69) is 352 Å². The molecule has 0 saturated heterocycles. The molecule has 0 amide bonds. The van der Waals surface area contributed by atoms with Gasteiger partial charge in [0.2, 0.25) is 0 Å². The van der Waals surface area contributed by atoms with Gasteiger partial charge in [-0.1, -0.05) is 235 Å². The van der Waals surface area contributed by atoms with Crippen LogP contribution in [0.15, 0.2) is 259 Å². The van der Waals surface area contributed by atoms with Gasteiger partial charge in [-0.05, 0) is 180 Å². The lowest BCUT2D eigenvalue weighted by Gasteiger charge is -2.46. The molecule has 3 aromatic heterocycles. The number of anilines is 8. The Balaban J connectivity index is 0.994. The molecule has 0 atom stereocenters. The first-order valence-electron chi connectivity index (χ1n) is 34.2. The Morgan fingerprint density at radius 3 is 1.51 bits per heavy atom. The number of thiophene rings is 2. The molecule has 0 fully saturated rings. The van der Waals surface area contributed by atoms with Gasteiger partial charge in [0.05, 0.1) is 11.4 Å². The molecule has 0 bridgehead atoms. The van der Waals surface area contributed by atoms with Gasteiger partial charge in [0, 0.05) is 96.7 Å². The molecule has 4 nitrogen and oxygen atoms in total. The fraction of sp³-hybridized carbons (Fsp3) is 0.178. The third kappa shape index (κ3) is 10.1. The topological polar surface area (TPSA) is 22.9 Å². The number of para-hydroxylation sites is 1. The molecular weight excluding hydrogens is 1210 g/mol. The first kappa shape index (κ1) is 60.7. The highest BCUT2D eigenvalue weighted by atomic mass is 32.1. The van der Waals surface area contributed by atoms with E-state index in [1.165, 1.54) is 102 Å². The highest BCUT2D eigenvalue weighted by molar-refractivity contribution is 7.26. The lowest BCUT2D eigenvalue weighted by Crippen LogP contribution is -2.61. The summed E-state index contributed by atoms with van der Waals surface area (Å²) in [5, 5.41) is 5.87. The normalized spacial score (nSPS) is 13.3. The van der Waals surface area contributed by atoms with Crippen LogP contribution in [0.5, 0.6) is 0 Å². The summed E-state index contributed by atoms with van der Waals surface area (Å²) in [5.41, 5.74) is 26.6. The smallest absolute Gasteiger partial charge is 0.333 e. The van der Waals surface area contributed by atoms with Crippen LogP contribution in [0, 0.1) is 0 Å². The minimum atomic E-state index is -0.302. The van der Waals surface area contributed by atoms with Gasteiger partial charge in [0.15, 0.2) is 5.58 Å². The number of benzene rings is 12. The van der Waals surface area contributed by atoms with E-state index in [9.17, 15) is 0 Å². The molecule has 0 saturated carbocycles. The number of hydrogen-bond donors (Lipinski definition) is 0. The third-order valence-corrected chi connectivity index (χ3v) is 22.8. The highest BCUT2D eigenvalue weighted by Crippen LogP contribution is 2.56. The van der Waals surface area contributed by atoms with Gasteiger partial charge in [0.25, 0.3) is 0 Å². The van der Waals surface area contributed by atoms with Gasteiger partial charge in [0.1, 0.15) is 5.58 Å². The zero-order valence-corrected chi connectivity index (χ0v) is 59.0. The maximum Gasteiger partial charge on any atom is 0.333 e. The molecule has 0 unspecified atom stereocenters. The average Bonchev–Trinajstić information content (AvgIpc) is 1.66. The second-order valence-electron chi connectivity index (χ2n) is 30.9. The zero-order chi connectivity index (χ0) is 66.6. The van der Waals surface area contributed by atoms with Crippen LogP contribution in [0.3, 0.4) is 0 Å². The number of hydrogen-bond acceptors (Lipinski definition) is 6. The van der Waals surface area contributed by atoms with Crippen LogP contribution in [0.4, 0.5) is 45.5 Å². The Morgan fingerprint density at radius 1 is 0.361 bits per heavy atom. The van der Waals surface area contributed by atoms with Crippen LogP contribution < -0.4 is 25.5 Å². The van der Waals surface area contributed by atoms with Crippen molar-refractivity contribution in [2.45, 2.75) is 105 Å². The summed E-state index contributed by atoms with van der Waals surface area (Å²) >= 11 is 3.80. The Bertz CT molecular complexity index is 5540. The van der Waals surface area contributed by atoms with Crippen LogP contribution in [0.2, 0.25) is 0 Å². The fourth-order valence-electron chi connectivity index (χ4n) is 15.2. The number of furan rings is 1. The molecule has 0 N–H and O–H groups in total. The summed E-state index contributed by atoms with van der Waals surface area (Å²) in [5.74, 6) is 0. The van der Waals surface area contributed by atoms with E-state index < -0.39 is 0 Å². The highest BCUT2D eigenvalue weighted by Gasteiger charge is 2.48. The van der Waals surface area contributed by atoms with E-state index in [0.29, 0.717) is 0 Å². The fourth-order valence-corrected chi connectivity index (χ4v) is 17.6. The van der Waals surface area contributed by atoms with Crippen LogP contribution >= 0.6 is 22.7 Å². The Hall–Kier alpha value is -9.92. The predicted octanol–water partition coefficient (Wildman–Crippen LogP) is 25.5. The van der Waals surface area contributed by atoms with Gasteiger partial charge in [-0.3, -0.25) is 0 Å². The molecule has 0 spiro atoms. The van der Waals surface area contributed by atoms with Crippen LogP contribution in [0.1, 0.15) is 105 Å². The monoisotopic (exact) mass is 1290 g/mol. The van der Waals surface area contributed by atoms with Crippen LogP contribution in [-0.4, -0.2) is 6.85 Å². The second kappa shape index (κ2) is 22.3. The standard InChI is InChI=1S/C90H78BN3OS2/c1-87(2,3)58-32-39-62(40-33-58)92(63-41-34-59(35-42-63)88(4,5)6)65-45-47-79-69(49-65)70-50-68-71-51-72-66-30-22-23-31-78(66)95-85(72)84-83(71)91(94(76(68)54-81(70)96-79)64-43-36-60(37-44-64)89(7,8)9)74-53-80-73(82(56-26-18-14-19-27-56)86(97-80)57-28-20-15-21-29-57)52-77(74)93(84)75-46-38-61(90(10,11)12)48-67(75)55-24-16-13-17-25-55/h13-54H,1-12H3. The van der Waals surface area contributed by atoms with Crippen molar-refractivity contribution in [3.63, 3.8) is 0 Å². The lowest BCUT2D eigenvalue weighted by molar-refractivity contribution is 0.590. The minimum absolute atomic E-state index is 0.0194. The maximum atomic E-state index is 7.55. The van der Waals surface area contributed by atoms with E-state index >= 15 is 0 Å². The number of rotatable bonds is 8. The van der Waals surface area contributed by atoms with Gasteiger partial charge in [-0.15, -0.1) is 22.7 Å². The number of fused-ring (bicyclic) bond motifs is 12. The van der Waals surface area contributed by atoms with Crippen LogP contribution in [-0.2, 0) is 21.7 Å². The van der Waals surface area contributed by atoms with Gasteiger partial charge >= 0.3 is 6.85 Å².